The van der Waals surface area contributed by atoms with Gasteiger partial charge in [-0.2, -0.15) is 4.31 Å². The number of carbonyl (C=O) groups excluding carboxylic acids is 1. The maximum absolute atomic E-state index is 13.2. The number of rotatable bonds is 7. The minimum absolute atomic E-state index is 0.0444. The summed E-state index contributed by atoms with van der Waals surface area (Å²) in [7, 11) is -4.07. The number of hydrogen-bond donors (Lipinski definition) is 1. The van der Waals surface area contributed by atoms with Crippen LogP contribution in [0.2, 0.25) is 10.0 Å². The lowest BCUT2D eigenvalue weighted by Gasteiger charge is -2.22. The molecule has 0 radical (unpaired) electrons. The lowest BCUT2D eigenvalue weighted by molar-refractivity contribution is -0.116. The van der Waals surface area contributed by atoms with Gasteiger partial charge < -0.3 is 5.32 Å². The van der Waals surface area contributed by atoms with Crippen LogP contribution in [-0.4, -0.2) is 25.2 Å². The fourth-order valence-corrected chi connectivity index (χ4v) is 4.45. The van der Waals surface area contributed by atoms with Crippen molar-refractivity contribution in [1.82, 2.24) is 4.31 Å². The second-order valence-corrected chi connectivity index (χ2v) is 9.09. The molecule has 0 saturated carbocycles. The number of benzene rings is 3. The summed E-state index contributed by atoms with van der Waals surface area (Å²) in [6, 6.07) is 18.0. The van der Waals surface area contributed by atoms with Crippen LogP contribution in [0.1, 0.15) is 5.56 Å². The van der Waals surface area contributed by atoms with Gasteiger partial charge in [0.15, 0.2) is 0 Å². The van der Waals surface area contributed by atoms with Crippen molar-refractivity contribution in [1.29, 1.82) is 0 Å². The third-order valence-electron chi connectivity index (χ3n) is 4.20. The minimum atomic E-state index is -4.07. The van der Waals surface area contributed by atoms with Crippen LogP contribution in [0.25, 0.3) is 0 Å². The molecular weight excluding hydrogens is 450 g/mol. The largest absolute Gasteiger partial charge is 0.324 e. The zero-order valence-corrected chi connectivity index (χ0v) is 17.9. The van der Waals surface area contributed by atoms with Gasteiger partial charge in [0.25, 0.3) is 0 Å². The highest BCUT2D eigenvalue weighted by Gasteiger charge is 2.27. The van der Waals surface area contributed by atoms with E-state index >= 15 is 0 Å². The third-order valence-corrected chi connectivity index (χ3v) is 6.82. The number of sulfonamides is 1. The molecule has 0 bridgehead atoms. The van der Waals surface area contributed by atoms with Gasteiger partial charge in [0.2, 0.25) is 15.9 Å². The van der Waals surface area contributed by atoms with Crippen molar-refractivity contribution < 1.29 is 17.6 Å². The minimum Gasteiger partial charge on any atom is -0.324 e. The van der Waals surface area contributed by atoms with Gasteiger partial charge in [0.1, 0.15) is 5.82 Å². The molecule has 1 amide bonds. The summed E-state index contributed by atoms with van der Waals surface area (Å²) >= 11 is 12.0. The van der Waals surface area contributed by atoms with Crippen LogP contribution < -0.4 is 5.32 Å². The molecule has 0 spiro atoms. The molecule has 30 heavy (non-hydrogen) atoms. The molecule has 0 saturated heterocycles. The molecule has 9 heteroatoms. The molecule has 0 heterocycles. The Hall–Kier alpha value is -2.45. The number of halogens is 3. The van der Waals surface area contributed by atoms with Gasteiger partial charge in [-0.05, 0) is 42.0 Å². The van der Waals surface area contributed by atoms with Crippen LogP contribution in [-0.2, 0) is 21.4 Å². The second-order valence-electron chi connectivity index (χ2n) is 6.36. The Morgan fingerprint density at radius 1 is 0.933 bits per heavy atom. The summed E-state index contributed by atoms with van der Waals surface area (Å²) in [5.74, 6) is -1.15. The summed E-state index contributed by atoms with van der Waals surface area (Å²) in [4.78, 5) is 12.5. The third kappa shape index (κ3) is 5.37. The van der Waals surface area contributed by atoms with Crippen LogP contribution in [0.15, 0.2) is 77.7 Å². The van der Waals surface area contributed by atoms with Gasteiger partial charge in [-0.3, -0.25) is 4.79 Å². The van der Waals surface area contributed by atoms with Crippen LogP contribution in [0.3, 0.4) is 0 Å². The lowest BCUT2D eigenvalue weighted by Crippen LogP contribution is -2.37. The predicted molar refractivity (Wildman–Crippen MR) is 116 cm³/mol. The zero-order chi connectivity index (χ0) is 21.7. The van der Waals surface area contributed by atoms with E-state index in [4.69, 9.17) is 23.2 Å². The van der Waals surface area contributed by atoms with E-state index in [0.29, 0.717) is 5.56 Å². The van der Waals surface area contributed by atoms with Gasteiger partial charge in [-0.1, -0.05) is 59.6 Å². The number of amides is 1. The molecule has 0 aliphatic rings. The molecule has 156 valence electrons. The highest BCUT2D eigenvalue weighted by molar-refractivity contribution is 7.89. The Balaban J connectivity index is 1.88. The Bertz CT molecular complexity index is 1140. The molecule has 5 nitrogen and oxygen atoms in total. The second kappa shape index (κ2) is 9.57. The zero-order valence-electron chi connectivity index (χ0n) is 15.6. The van der Waals surface area contributed by atoms with Crippen molar-refractivity contribution in [3.63, 3.8) is 0 Å². The first-order valence-electron chi connectivity index (χ1n) is 8.81. The number of nitrogens with zero attached hydrogens (tertiary/aromatic N) is 1. The molecule has 3 aromatic carbocycles. The molecule has 0 aliphatic heterocycles. The fourth-order valence-electron chi connectivity index (χ4n) is 2.72. The van der Waals surface area contributed by atoms with Crippen LogP contribution in [0.4, 0.5) is 10.1 Å². The maximum atomic E-state index is 13.2. The molecule has 3 aromatic rings. The maximum Gasteiger partial charge on any atom is 0.243 e. The first-order chi connectivity index (χ1) is 14.3. The molecular formula is C21H17Cl2FN2O3S. The van der Waals surface area contributed by atoms with Crippen molar-refractivity contribution in [3.05, 3.63) is 94.2 Å². The van der Waals surface area contributed by atoms with Gasteiger partial charge in [0.05, 0.1) is 27.2 Å². The molecule has 0 fully saturated rings. The van der Waals surface area contributed by atoms with Crippen molar-refractivity contribution in [2.24, 2.45) is 0 Å². The van der Waals surface area contributed by atoms with Gasteiger partial charge in [-0.25, -0.2) is 12.8 Å². The van der Waals surface area contributed by atoms with E-state index in [1.807, 2.05) is 0 Å². The Kier molecular flexibility index (Phi) is 7.10. The molecule has 1 N–H and O–H groups in total. The summed E-state index contributed by atoms with van der Waals surface area (Å²) in [5, 5.41) is 2.99. The summed E-state index contributed by atoms with van der Waals surface area (Å²) < 4.78 is 40.5. The van der Waals surface area contributed by atoms with E-state index in [0.717, 1.165) is 28.6 Å². The van der Waals surface area contributed by atoms with Crippen LogP contribution >= 0.6 is 23.2 Å². The Morgan fingerprint density at radius 2 is 1.60 bits per heavy atom. The highest BCUT2D eigenvalue weighted by Crippen LogP contribution is 2.29. The van der Waals surface area contributed by atoms with E-state index in [1.54, 1.807) is 48.5 Å². The van der Waals surface area contributed by atoms with E-state index < -0.39 is 28.3 Å². The van der Waals surface area contributed by atoms with Crippen molar-refractivity contribution in [2.75, 3.05) is 11.9 Å². The van der Waals surface area contributed by atoms with Crippen molar-refractivity contribution in [2.45, 2.75) is 11.4 Å². The number of hydrogen-bond acceptors (Lipinski definition) is 3. The molecule has 0 unspecified atom stereocenters. The topological polar surface area (TPSA) is 66.5 Å². The summed E-state index contributed by atoms with van der Waals surface area (Å²) in [5.41, 5.74) is 0.963. The van der Waals surface area contributed by atoms with Gasteiger partial charge >= 0.3 is 0 Å². The van der Waals surface area contributed by atoms with E-state index in [2.05, 4.69) is 5.32 Å². The van der Waals surface area contributed by atoms with E-state index in [1.165, 1.54) is 0 Å². The predicted octanol–water partition coefficient (Wildman–Crippen LogP) is 4.96. The number of nitrogens with one attached hydrogen (secondary N) is 1. The quantitative estimate of drug-likeness (QED) is 0.534. The van der Waals surface area contributed by atoms with Crippen molar-refractivity contribution >= 4 is 44.8 Å². The normalized spacial score (nSPS) is 11.5. The highest BCUT2D eigenvalue weighted by atomic mass is 35.5. The summed E-state index contributed by atoms with van der Waals surface area (Å²) in [6.07, 6.45) is 0. The van der Waals surface area contributed by atoms with Crippen LogP contribution in [0, 0.1) is 5.82 Å². The lowest BCUT2D eigenvalue weighted by atomic mass is 10.2. The smallest absolute Gasteiger partial charge is 0.243 e. The monoisotopic (exact) mass is 466 g/mol. The summed E-state index contributed by atoms with van der Waals surface area (Å²) in [6.45, 7) is -0.519. The Labute approximate surface area is 184 Å². The van der Waals surface area contributed by atoms with Gasteiger partial charge in [0, 0.05) is 6.54 Å². The first kappa shape index (κ1) is 22.2. The van der Waals surface area contributed by atoms with E-state index in [-0.39, 0.29) is 27.2 Å². The van der Waals surface area contributed by atoms with Gasteiger partial charge in [-0.15, -0.1) is 0 Å². The fraction of sp³-hybridized carbons (Fsp3) is 0.0952. The standard InChI is InChI=1S/C21H17Cl2FN2O3S/c22-18-7-4-8-19(21(18)23)25-20(27)14-26(13-15-5-2-1-3-6-15)30(28,29)17-11-9-16(24)10-12-17/h1-12H,13-14H2,(H,25,27). The molecule has 0 atom stereocenters. The molecule has 3 rings (SSSR count). The Morgan fingerprint density at radius 3 is 2.27 bits per heavy atom. The average Bonchev–Trinajstić information content (AvgIpc) is 2.72. The first-order valence-corrected chi connectivity index (χ1v) is 11.0. The number of carbonyl (C=O) groups is 1. The van der Waals surface area contributed by atoms with Crippen LogP contribution in [0.5, 0.6) is 0 Å². The molecule has 0 aliphatic carbocycles. The van der Waals surface area contributed by atoms with Crippen molar-refractivity contribution in [3.8, 4) is 0 Å². The SMILES string of the molecule is O=C(CN(Cc1ccccc1)S(=O)(=O)c1ccc(F)cc1)Nc1cccc(Cl)c1Cl. The van der Waals surface area contributed by atoms with E-state index in [9.17, 15) is 17.6 Å². The number of anilines is 1. The average molecular weight is 467 g/mol. The molecule has 0 aromatic heterocycles.